The van der Waals surface area contributed by atoms with Crippen molar-refractivity contribution >= 4 is 21.7 Å². The third-order valence-corrected chi connectivity index (χ3v) is 6.23. The number of anilines is 1. The molecule has 8 heteroatoms. The first kappa shape index (κ1) is 19.3. The van der Waals surface area contributed by atoms with Gasteiger partial charge in [-0.25, -0.2) is 18.4 Å². The fourth-order valence-electron chi connectivity index (χ4n) is 3.22. The second-order valence-corrected chi connectivity index (χ2v) is 9.20. The molecule has 2 atom stereocenters. The standard InChI is InChI=1S/C19H24N4O3S/c1-13-10-14(2)21-19(20-13)23-17(11-15-6-4-3-5-7-15)18(24)22-16-8-9-27(25,26)12-16/h3-7,10,16-17H,8-9,11-12H2,1-2H3,(H,22,24)(H,20,21,23)/t16-,17+/m0/s1. The number of amides is 1. The zero-order valence-electron chi connectivity index (χ0n) is 15.5. The first-order chi connectivity index (χ1) is 12.8. The molecule has 0 saturated carbocycles. The van der Waals surface area contributed by atoms with Crippen LogP contribution in [0.5, 0.6) is 0 Å². The third-order valence-electron chi connectivity index (χ3n) is 4.46. The molecule has 0 radical (unpaired) electrons. The lowest BCUT2D eigenvalue weighted by molar-refractivity contribution is -0.122. The van der Waals surface area contributed by atoms with Crippen molar-refractivity contribution in [2.24, 2.45) is 0 Å². The van der Waals surface area contributed by atoms with Gasteiger partial charge in [0.05, 0.1) is 11.5 Å². The van der Waals surface area contributed by atoms with Crippen LogP contribution in [-0.2, 0) is 21.1 Å². The lowest BCUT2D eigenvalue weighted by Crippen LogP contribution is -2.46. The Morgan fingerprint density at radius 3 is 2.44 bits per heavy atom. The van der Waals surface area contributed by atoms with Gasteiger partial charge in [0, 0.05) is 23.9 Å². The Hall–Kier alpha value is -2.48. The second-order valence-electron chi connectivity index (χ2n) is 6.97. The molecule has 3 rings (SSSR count). The molecular weight excluding hydrogens is 364 g/mol. The fraction of sp³-hybridized carbons (Fsp3) is 0.421. The predicted molar refractivity (Wildman–Crippen MR) is 104 cm³/mol. The van der Waals surface area contributed by atoms with Gasteiger partial charge in [0.15, 0.2) is 9.84 Å². The highest BCUT2D eigenvalue weighted by Gasteiger charge is 2.31. The summed E-state index contributed by atoms with van der Waals surface area (Å²) in [6.07, 6.45) is 0.897. The molecule has 1 fully saturated rings. The summed E-state index contributed by atoms with van der Waals surface area (Å²) in [5.41, 5.74) is 2.62. The number of aryl methyl sites for hydroxylation is 2. The molecule has 1 aliphatic heterocycles. The van der Waals surface area contributed by atoms with E-state index in [1.165, 1.54) is 0 Å². The molecule has 0 spiro atoms. The molecule has 1 saturated heterocycles. The Morgan fingerprint density at radius 2 is 1.85 bits per heavy atom. The summed E-state index contributed by atoms with van der Waals surface area (Å²) in [7, 11) is -3.06. The maximum atomic E-state index is 12.9. The van der Waals surface area contributed by atoms with Crippen LogP contribution in [-0.4, -0.2) is 47.9 Å². The Bertz CT molecular complexity index is 896. The number of carbonyl (C=O) groups is 1. The summed E-state index contributed by atoms with van der Waals surface area (Å²) in [6, 6.07) is 10.6. The third kappa shape index (κ3) is 5.50. The SMILES string of the molecule is Cc1cc(C)nc(N[C@H](Cc2ccccc2)C(=O)N[C@H]2CCS(=O)(=O)C2)n1. The zero-order chi connectivity index (χ0) is 19.4. The molecule has 1 aromatic heterocycles. The number of nitrogens with one attached hydrogen (secondary N) is 2. The van der Waals surface area contributed by atoms with Gasteiger partial charge in [-0.15, -0.1) is 0 Å². The monoisotopic (exact) mass is 388 g/mol. The first-order valence-electron chi connectivity index (χ1n) is 8.94. The van der Waals surface area contributed by atoms with Crippen molar-refractivity contribution in [3.05, 3.63) is 53.3 Å². The number of aromatic nitrogens is 2. The summed E-state index contributed by atoms with van der Waals surface area (Å²) in [4.78, 5) is 21.6. The van der Waals surface area contributed by atoms with E-state index < -0.39 is 15.9 Å². The molecule has 1 aromatic carbocycles. The van der Waals surface area contributed by atoms with Gasteiger partial charge in [-0.1, -0.05) is 30.3 Å². The van der Waals surface area contributed by atoms with E-state index >= 15 is 0 Å². The van der Waals surface area contributed by atoms with Crippen LogP contribution >= 0.6 is 0 Å². The number of carbonyl (C=O) groups excluding carboxylic acids is 1. The molecule has 0 unspecified atom stereocenters. The summed E-state index contributed by atoms with van der Waals surface area (Å²) in [6.45, 7) is 3.74. The van der Waals surface area contributed by atoms with Gasteiger partial charge in [-0.3, -0.25) is 4.79 Å². The van der Waals surface area contributed by atoms with Gasteiger partial charge in [-0.05, 0) is 31.9 Å². The molecule has 2 aromatic rings. The number of hydrogen-bond donors (Lipinski definition) is 2. The molecule has 2 N–H and O–H groups in total. The van der Waals surface area contributed by atoms with Gasteiger partial charge in [0.25, 0.3) is 0 Å². The molecule has 2 heterocycles. The minimum absolute atomic E-state index is 0.00312. The minimum atomic E-state index is -3.06. The van der Waals surface area contributed by atoms with Gasteiger partial charge < -0.3 is 10.6 Å². The number of benzene rings is 1. The maximum Gasteiger partial charge on any atom is 0.243 e. The van der Waals surface area contributed by atoms with Crippen LogP contribution in [0.15, 0.2) is 36.4 Å². The summed E-state index contributed by atoms with van der Waals surface area (Å²) >= 11 is 0. The molecule has 7 nitrogen and oxygen atoms in total. The Balaban J connectivity index is 1.77. The van der Waals surface area contributed by atoms with E-state index in [4.69, 9.17) is 0 Å². The highest BCUT2D eigenvalue weighted by atomic mass is 32.2. The van der Waals surface area contributed by atoms with E-state index in [0.29, 0.717) is 18.8 Å². The zero-order valence-corrected chi connectivity index (χ0v) is 16.3. The van der Waals surface area contributed by atoms with Crippen molar-refractivity contribution in [1.82, 2.24) is 15.3 Å². The lowest BCUT2D eigenvalue weighted by Gasteiger charge is -2.21. The van der Waals surface area contributed by atoms with Crippen LogP contribution in [0.25, 0.3) is 0 Å². The normalized spacial score (nSPS) is 19.4. The average Bonchev–Trinajstić information content (AvgIpc) is 2.93. The van der Waals surface area contributed by atoms with Crippen LogP contribution in [0, 0.1) is 13.8 Å². The van der Waals surface area contributed by atoms with Crippen LogP contribution < -0.4 is 10.6 Å². The summed E-state index contributed by atoms with van der Waals surface area (Å²) < 4.78 is 23.3. The van der Waals surface area contributed by atoms with E-state index in [1.54, 1.807) is 0 Å². The number of sulfone groups is 1. The van der Waals surface area contributed by atoms with Crippen LogP contribution in [0.4, 0.5) is 5.95 Å². The summed E-state index contributed by atoms with van der Waals surface area (Å²) in [5, 5.41) is 5.99. The molecule has 0 aliphatic carbocycles. The minimum Gasteiger partial charge on any atom is -0.351 e. The van der Waals surface area contributed by atoms with Crippen molar-refractivity contribution in [3.8, 4) is 0 Å². The van der Waals surface area contributed by atoms with Crippen molar-refractivity contribution in [2.45, 2.75) is 38.8 Å². The second kappa shape index (κ2) is 8.04. The van der Waals surface area contributed by atoms with E-state index in [2.05, 4.69) is 20.6 Å². The smallest absolute Gasteiger partial charge is 0.243 e. The fourth-order valence-corrected chi connectivity index (χ4v) is 4.89. The van der Waals surface area contributed by atoms with E-state index in [-0.39, 0.29) is 23.5 Å². The van der Waals surface area contributed by atoms with Crippen molar-refractivity contribution in [1.29, 1.82) is 0 Å². The molecule has 1 amide bonds. The van der Waals surface area contributed by atoms with Crippen LogP contribution in [0.1, 0.15) is 23.4 Å². The predicted octanol–water partition coefficient (Wildman–Crippen LogP) is 1.42. The highest BCUT2D eigenvalue weighted by molar-refractivity contribution is 7.91. The topological polar surface area (TPSA) is 101 Å². The van der Waals surface area contributed by atoms with E-state index in [9.17, 15) is 13.2 Å². The molecule has 0 bridgehead atoms. The van der Waals surface area contributed by atoms with Crippen molar-refractivity contribution < 1.29 is 13.2 Å². The largest absolute Gasteiger partial charge is 0.351 e. The van der Waals surface area contributed by atoms with Gasteiger partial charge in [-0.2, -0.15) is 0 Å². The Morgan fingerprint density at radius 1 is 1.19 bits per heavy atom. The molecule has 144 valence electrons. The summed E-state index contributed by atoms with van der Waals surface area (Å²) in [5.74, 6) is 0.262. The van der Waals surface area contributed by atoms with Crippen molar-refractivity contribution in [2.75, 3.05) is 16.8 Å². The van der Waals surface area contributed by atoms with Gasteiger partial charge >= 0.3 is 0 Å². The van der Waals surface area contributed by atoms with Crippen LogP contribution in [0.2, 0.25) is 0 Å². The van der Waals surface area contributed by atoms with Crippen molar-refractivity contribution in [3.63, 3.8) is 0 Å². The van der Waals surface area contributed by atoms with Crippen LogP contribution in [0.3, 0.4) is 0 Å². The number of hydrogen-bond acceptors (Lipinski definition) is 6. The van der Waals surface area contributed by atoms with Gasteiger partial charge in [0.2, 0.25) is 11.9 Å². The molecule has 27 heavy (non-hydrogen) atoms. The first-order valence-corrected chi connectivity index (χ1v) is 10.8. The Kier molecular flexibility index (Phi) is 5.74. The maximum absolute atomic E-state index is 12.9. The average molecular weight is 388 g/mol. The number of nitrogens with zero attached hydrogens (tertiary/aromatic N) is 2. The quantitative estimate of drug-likeness (QED) is 0.776. The molecule has 1 aliphatic rings. The molecular formula is C19H24N4O3S. The highest BCUT2D eigenvalue weighted by Crippen LogP contribution is 2.14. The lowest BCUT2D eigenvalue weighted by atomic mass is 10.0. The Labute approximate surface area is 159 Å². The number of rotatable bonds is 6. The van der Waals surface area contributed by atoms with E-state index in [1.807, 2.05) is 50.2 Å². The van der Waals surface area contributed by atoms with E-state index in [0.717, 1.165) is 17.0 Å². The van der Waals surface area contributed by atoms with Gasteiger partial charge in [0.1, 0.15) is 6.04 Å².